The molecule has 3 nitrogen and oxygen atoms in total. The highest BCUT2D eigenvalue weighted by Gasteiger charge is 2.15. The third kappa shape index (κ3) is 6.46. The summed E-state index contributed by atoms with van der Waals surface area (Å²) in [6.45, 7) is 10.8. The Balaban J connectivity index is 1.87. The SMILES string of the molecule is CC(C)COCCNCC1CCN(C)CC1. The van der Waals surface area contributed by atoms with Crippen LogP contribution in [-0.2, 0) is 4.74 Å². The van der Waals surface area contributed by atoms with Crippen molar-refractivity contribution in [1.82, 2.24) is 10.2 Å². The highest BCUT2D eigenvalue weighted by atomic mass is 16.5. The minimum atomic E-state index is 0.647. The second kappa shape index (κ2) is 8.04. The van der Waals surface area contributed by atoms with Crippen LogP contribution in [0.25, 0.3) is 0 Å². The van der Waals surface area contributed by atoms with Crippen molar-refractivity contribution >= 4 is 0 Å². The maximum absolute atomic E-state index is 5.53. The van der Waals surface area contributed by atoms with Crippen LogP contribution in [0.1, 0.15) is 26.7 Å². The van der Waals surface area contributed by atoms with Crippen LogP contribution in [0.4, 0.5) is 0 Å². The van der Waals surface area contributed by atoms with E-state index in [-0.39, 0.29) is 0 Å². The van der Waals surface area contributed by atoms with E-state index in [2.05, 4.69) is 31.1 Å². The minimum absolute atomic E-state index is 0.647. The van der Waals surface area contributed by atoms with E-state index in [1.807, 2.05) is 0 Å². The highest BCUT2D eigenvalue weighted by molar-refractivity contribution is 4.71. The summed E-state index contributed by atoms with van der Waals surface area (Å²) in [6.07, 6.45) is 2.69. The van der Waals surface area contributed by atoms with Gasteiger partial charge in [-0.3, -0.25) is 0 Å². The Hall–Kier alpha value is -0.120. The molecule has 1 rings (SSSR count). The summed E-state index contributed by atoms with van der Waals surface area (Å²) in [5.74, 6) is 1.52. The fourth-order valence-electron chi connectivity index (χ4n) is 2.04. The lowest BCUT2D eigenvalue weighted by molar-refractivity contribution is 0.110. The van der Waals surface area contributed by atoms with Gasteiger partial charge in [-0.2, -0.15) is 0 Å². The fourth-order valence-corrected chi connectivity index (χ4v) is 2.04. The van der Waals surface area contributed by atoms with Crippen LogP contribution in [0.2, 0.25) is 0 Å². The molecule has 1 aliphatic heterocycles. The van der Waals surface area contributed by atoms with Crippen LogP contribution < -0.4 is 5.32 Å². The van der Waals surface area contributed by atoms with Gasteiger partial charge in [-0.25, -0.2) is 0 Å². The van der Waals surface area contributed by atoms with Crippen LogP contribution in [0.3, 0.4) is 0 Å². The summed E-state index contributed by atoms with van der Waals surface area (Å²) in [5, 5.41) is 3.50. The molecule has 1 fully saturated rings. The van der Waals surface area contributed by atoms with Crippen LogP contribution in [-0.4, -0.2) is 51.3 Å². The predicted octanol–water partition coefficient (Wildman–Crippen LogP) is 1.59. The van der Waals surface area contributed by atoms with E-state index in [1.54, 1.807) is 0 Å². The van der Waals surface area contributed by atoms with Gasteiger partial charge in [0.1, 0.15) is 0 Å². The number of ether oxygens (including phenoxy) is 1. The first kappa shape index (κ1) is 13.9. The zero-order valence-corrected chi connectivity index (χ0v) is 11.2. The van der Waals surface area contributed by atoms with Gasteiger partial charge in [0.05, 0.1) is 6.61 Å². The smallest absolute Gasteiger partial charge is 0.0591 e. The summed E-state index contributed by atoms with van der Waals surface area (Å²) in [5.41, 5.74) is 0. The summed E-state index contributed by atoms with van der Waals surface area (Å²) in [4.78, 5) is 2.42. The summed E-state index contributed by atoms with van der Waals surface area (Å²) in [6, 6.07) is 0. The second-order valence-corrected chi connectivity index (χ2v) is 5.42. The molecule has 96 valence electrons. The van der Waals surface area contributed by atoms with Gasteiger partial charge < -0.3 is 15.0 Å². The molecule has 0 aromatic heterocycles. The number of nitrogens with one attached hydrogen (secondary N) is 1. The molecule has 0 radical (unpaired) electrons. The van der Waals surface area contributed by atoms with Crippen LogP contribution in [0, 0.1) is 11.8 Å². The van der Waals surface area contributed by atoms with Gasteiger partial charge in [0.2, 0.25) is 0 Å². The maximum Gasteiger partial charge on any atom is 0.0591 e. The molecule has 1 heterocycles. The molecule has 1 aliphatic rings. The summed E-state index contributed by atoms with van der Waals surface area (Å²) in [7, 11) is 2.21. The number of likely N-dealkylation sites (tertiary alicyclic amines) is 1. The van der Waals surface area contributed by atoms with Gasteiger partial charge in [-0.15, -0.1) is 0 Å². The van der Waals surface area contributed by atoms with E-state index in [1.165, 1.54) is 32.5 Å². The zero-order valence-electron chi connectivity index (χ0n) is 11.2. The van der Waals surface area contributed by atoms with E-state index in [0.717, 1.165) is 25.7 Å². The van der Waals surface area contributed by atoms with E-state index in [0.29, 0.717) is 5.92 Å². The first-order valence-corrected chi connectivity index (χ1v) is 6.65. The summed E-state index contributed by atoms with van der Waals surface area (Å²) < 4.78 is 5.53. The van der Waals surface area contributed by atoms with Gasteiger partial charge >= 0.3 is 0 Å². The van der Waals surface area contributed by atoms with Crippen molar-refractivity contribution in [3.8, 4) is 0 Å². The van der Waals surface area contributed by atoms with Gasteiger partial charge in [0.25, 0.3) is 0 Å². The third-order valence-electron chi connectivity index (χ3n) is 3.15. The third-order valence-corrected chi connectivity index (χ3v) is 3.15. The Bertz CT molecular complexity index is 165. The molecule has 0 spiro atoms. The topological polar surface area (TPSA) is 24.5 Å². The average molecular weight is 228 g/mol. The standard InChI is InChI=1S/C13H28N2O/c1-12(2)11-16-9-6-14-10-13-4-7-15(3)8-5-13/h12-14H,4-11H2,1-3H3. The number of piperidine rings is 1. The number of hydrogen-bond donors (Lipinski definition) is 1. The van der Waals surface area contributed by atoms with Crippen molar-refractivity contribution in [2.75, 3.05) is 46.4 Å². The fraction of sp³-hybridized carbons (Fsp3) is 1.00. The van der Waals surface area contributed by atoms with Crippen molar-refractivity contribution in [1.29, 1.82) is 0 Å². The predicted molar refractivity (Wildman–Crippen MR) is 68.7 cm³/mol. The Labute approximate surface area is 101 Å². The van der Waals surface area contributed by atoms with Crippen molar-refractivity contribution in [3.63, 3.8) is 0 Å². The number of hydrogen-bond acceptors (Lipinski definition) is 3. The molecule has 0 aromatic carbocycles. The van der Waals surface area contributed by atoms with Crippen LogP contribution in [0.15, 0.2) is 0 Å². The van der Waals surface area contributed by atoms with Crippen LogP contribution in [0.5, 0.6) is 0 Å². The van der Waals surface area contributed by atoms with Gasteiger partial charge in [0, 0.05) is 13.2 Å². The maximum atomic E-state index is 5.53. The monoisotopic (exact) mass is 228 g/mol. The Morgan fingerprint density at radius 3 is 2.62 bits per heavy atom. The average Bonchev–Trinajstić information content (AvgIpc) is 2.25. The molecular formula is C13H28N2O. The lowest BCUT2D eigenvalue weighted by Crippen LogP contribution is -2.35. The van der Waals surface area contributed by atoms with Gasteiger partial charge in [-0.1, -0.05) is 13.8 Å². The molecule has 16 heavy (non-hydrogen) atoms. The Morgan fingerprint density at radius 2 is 2.00 bits per heavy atom. The molecule has 0 saturated carbocycles. The minimum Gasteiger partial charge on any atom is -0.380 e. The van der Waals surface area contributed by atoms with E-state index >= 15 is 0 Å². The first-order chi connectivity index (χ1) is 7.68. The van der Waals surface area contributed by atoms with E-state index < -0.39 is 0 Å². The second-order valence-electron chi connectivity index (χ2n) is 5.42. The largest absolute Gasteiger partial charge is 0.380 e. The molecule has 0 atom stereocenters. The molecule has 0 bridgehead atoms. The number of nitrogens with zero attached hydrogens (tertiary/aromatic N) is 1. The lowest BCUT2D eigenvalue weighted by Gasteiger charge is -2.29. The molecule has 0 aromatic rings. The highest BCUT2D eigenvalue weighted by Crippen LogP contribution is 2.14. The lowest BCUT2D eigenvalue weighted by atomic mass is 9.97. The van der Waals surface area contributed by atoms with Crippen molar-refractivity contribution in [2.45, 2.75) is 26.7 Å². The molecule has 0 amide bonds. The van der Waals surface area contributed by atoms with Gasteiger partial charge in [-0.05, 0) is 51.4 Å². The van der Waals surface area contributed by atoms with Crippen molar-refractivity contribution in [3.05, 3.63) is 0 Å². The molecule has 1 saturated heterocycles. The quantitative estimate of drug-likeness (QED) is 0.670. The van der Waals surface area contributed by atoms with E-state index in [4.69, 9.17) is 4.74 Å². The Kier molecular flexibility index (Phi) is 7.01. The molecule has 0 aliphatic carbocycles. The first-order valence-electron chi connectivity index (χ1n) is 6.65. The summed E-state index contributed by atoms with van der Waals surface area (Å²) >= 11 is 0. The van der Waals surface area contributed by atoms with Crippen molar-refractivity contribution in [2.24, 2.45) is 11.8 Å². The van der Waals surface area contributed by atoms with Gasteiger partial charge in [0.15, 0.2) is 0 Å². The molecular weight excluding hydrogens is 200 g/mol. The Morgan fingerprint density at radius 1 is 1.31 bits per heavy atom. The molecule has 0 unspecified atom stereocenters. The number of rotatable bonds is 7. The zero-order chi connectivity index (χ0) is 11.8. The normalized spacial score (nSPS) is 19.5. The molecule has 1 N–H and O–H groups in total. The molecule has 3 heteroatoms. The van der Waals surface area contributed by atoms with Crippen molar-refractivity contribution < 1.29 is 4.74 Å². The van der Waals surface area contributed by atoms with Crippen LogP contribution >= 0.6 is 0 Å². The van der Waals surface area contributed by atoms with E-state index in [9.17, 15) is 0 Å².